The number of piperidine rings is 3. The maximum absolute atomic E-state index is 10.2. The molecule has 9 aliphatic heterocycles. The van der Waals surface area contributed by atoms with Crippen molar-refractivity contribution in [3.8, 4) is 68.3 Å². The first-order valence-electron chi connectivity index (χ1n) is 39.3. The van der Waals surface area contributed by atoms with Crippen LogP contribution in [0, 0.1) is 0 Å². The summed E-state index contributed by atoms with van der Waals surface area (Å²) in [5.41, 5.74) is 13.7. The molecule has 0 spiro atoms. The molecule has 6 bridgehead atoms. The van der Waals surface area contributed by atoms with E-state index in [0.717, 1.165) is 165 Å². The van der Waals surface area contributed by atoms with Gasteiger partial charge in [-0.15, -0.1) is 15.3 Å². The van der Waals surface area contributed by atoms with Crippen LogP contribution in [-0.4, -0.2) is 245 Å². The number of aromatic amines is 3. The molecular weight excluding hydrogens is 1470 g/mol. The molecule has 594 valence electrons. The summed E-state index contributed by atoms with van der Waals surface area (Å²) in [4.78, 5) is 42.7. The lowest BCUT2D eigenvalue weighted by molar-refractivity contribution is -0.00879. The molecule has 0 aliphatic carbocycles. The summed E-state index contributed by atoms with van der Waals surface area (Å²) >= 11 is 0. The summed E-state index contributed by atoms with van der Waals surface area (Å²) < 4.78 is 43.9. The highest BCUT2D eigenvalue weighted by atomic mass is 16.5. The largest absolute Gasteiger partial charge is 0.492 e. The van der Waals surface area contributed by atoms with E-state index in [1.165, 1.54) is 36.0 Å². The highest BCUT2D eigenvalue weighted by Gasteiger charge is 2.47. The van der Waals surface area contributed by atoms with Crippen LogP contribution in [0.25, 0.3) is 83.0 Å². The Hall–Kier alpha value is -12.6. The van der Waals surface area contributed by atoms with Crippen molar-refractivity contribution in [2.24, 2.45) is 0 Å². The minimum Gasteiger partial charge on any atom is -0.492 e. The predicted molar refractivity (Wildman–Crippen MR) is 437 cm³/mol. The fourth-order valence-electron chi connectivity index (χ4n) is 17.3. The normalized spacial score (nSPS) is 19.2. The number of nitrogens with zero attached hydrogens (tertiary/aromatic N) is 21. The third-order valence-corrected chi connectivity index (χ3v) is 23.1. The molecule has 116 heavy (non-hydrogen) atoms. The van der Waals surface area contributed by atoms with Gasteiger partial charge in [0, 0.05) is 191 Å². The fourth-order valence-corrected chi connectivity index (χ4v) is 17.3. The van der Waals surface area contributed by atoms with Crippen molar-refractivity contribution < 1.29 is 38.3 Å². The Morgan fingerprint density at radius 1 is 0.405 bits per heavy atom. The Kier molecular flexibility index (Phi) is 19.6. The molecule has 15 aromatic rings. The van der Waals surface area contributed by atoms with Crippen molar-refractivity contribution in [2.45, 2.75) is 102 Å². The molecule has 0 aromatic carbocycles. The van der Waals surface area contributed by atoms with Crippen molar-refractivity contribution >= 4 is 67.1 Å². The van der Waals surface area contributed by atoms with E-state index in [1.54, 1.807) is 53.0 Å². The Morgan fingerprint density at radius 2 is 0.750 bits per heavy atom. The van der Waals surface area contributed by atoms with Crippen LogP contribution in [0.2, 0.25) is 0 Å². The van der Waals surface area contributed by atoms with Crippen molar-refractivity contribution in [3.05, 3.63) is 182 Å². The molecule has 6 atom stereocenters. The number of rotatable bonds is 24. The van der Waals surface area contributed by atoms with Gasteiger partial charge in [0.1, 0.15) is 47.9 Å². The van der Waals surface area contributed by atoms with Gasteiger partial charge in [-0.2, -0.15) is 15.3 Å². The minimum atomic E-state index is -0.950. The Labute approximate surface area is 666 Å². The van der Waals surface area contributed by atoms with E-state index in [0.29, 0.717) is 85.1 Å². The summed E-state index contributed by atoms with van der Waals surface area (Å²) in [7, 11) is 6.59. The van der Waals surface area contributed by atoms with Crippen LogP contribution in [0.15, 0.2) is 165 Å². The van der Waals surface area contributed by atoms with Crippen molar-refractivity contribution in [2.75, 3.05) is 109 Å². The zero-order valence-electron chi connectivity index (χ0n) is 65.6. The smallest absolute Gasteiger partial charge is 0.212 e. The Morgan fingerprint density at radius 3 is 1.04 bits per heavy atom. The number of hydrogen-bond acceptors (Lipinski definition) is 26. The van der Waals surface area contributed by atoms with Gasteiger partial charge >= 0.3 is 0 Å². The molecule has 4 N–H and O–H groups in total. The first kappa shape index (κ1) is 73.5. The van der Waals surface area contributed by atoms with Crippen LogP contribution in [0.4, 0.5) is 17.5 Å². The van der Waals surface area contributed by atoms with Gasteiger partial charge in [0.05, 0.1) is 110 Å². The number of aliphatic hydroxyl groups is 1. The van der Waals surface area contributed by atoms with Gasteiger partial charge in [-0.25, -0.2) is 43.5 Å². The number of aromatic nitrogens is 18. The SMILES string of the molecule is CCOc1cc(-c2ccc(N3CC4CC(C3)N4Cc3ccc(OC)nc3)nc2)c2c3cn[nH]c3nn2c1.COCCOc1cc(-c2ccc(N3CC4CC(C3)N4Cc3ccc(OC)nc3)nc2)c2c3cn[nH]c3nn2c1.COc1ccc(CN2C3CC2CN(c2ccc(-c4cc(OCC(C)(C)O)cn5nc6[nH]ncc6c45)cn2)C3)cn1. The zero-order chi connectivity index (χ0) is 78.7. The van der Waals surface area contributed by atoms with Gasteiger partial charge in [0.2, 0.25) is 17.6 Å². The molecule has 0 saturated carbocycles. The number of nitrogens with one attached hydrogen (secondary N) is 3. The average molecular weight is 1560 g/mol. The van der Waals surface area contributed by atoms with Crippen LogP contribution in [0.1, 0.15) is 56.7 Å². The van der Waals surface area contributed by atoms with Crippen LogP contribution >= 0.6 is 0 Å². The monoisotopic (exact) mass is 1560 g/mol. The molecule has 0 amide bonds. The van der Waals surface area contributed by atoms with E-state index in [1.807, 2.05) is 114 Å². The third-order valence-electron chi connectivity index (χ3n) is 23.1. The summed E-state index contributed by atoms with van der Waals surface area (Å²) in [6.07, 6.45) is 26.3. The molecule has 9 saturated heterocycles. The summed E-state index contributed by atoms with van der Waals surface area (Å²) in [6, 6.07) is 34.0. The number of methoxy groups -OCH3 is 4. The maximum Gasteiger partial charge on any atom is 0.212 e. The summed E-state index contributed by atoms with van der Waals surface area (Å²) in [5.74, 6) is 7.07. The minimum absolute atomic E-state index is 0.166. The second-order valence-electron chi connectivity index (χ2n) is 31.1. The number of fused-ring (bicyclic) bond motifs is 15. The van der Waals surface area contributed by atoms with Crippen molar-refractivity contribution in [1.29, 1.82) is 0 Å². The molecule has 9 fully saturated rings. The number of anilines is 3. The molecule has 24 heterocycles. The van der Waals surface area contributed by atoms with Gasteiger partial charge in [-0.3, -0.25) is 30.0 Å². The van der Waals surface area contributed by atoms with Crippen molar-refractivity contribution in [1.82, 2.24) is 104 Å². The van der Waals surface area contributed by atoms with Gasteiger partial charge in [0.15, 0.2) is 16.9 Å². The van der Waals surface area contributed by atoms with Crippen LogP contribution in [0.5, 0.6) is 34.9 Å². The number of hydrogen-bond donors (Lipinski definition) is 4. The van der Waals surface area contributed by atoms with E-state index in [4.69, 9.17) is 48.1 Å². The second-order valence-corrected chi connectivity index (χ2v) is 31.1. The lowest BCUT2D eigenvalue weighted by Gasteiger charge is -2.56. The zero-order valence-corrected chi connectivity index (χ0v) is 65.6. The van der Waals surface area contributed by atoms with Crippen LogP contribution in [-0.2, 0) is 24.4 Å². The number of H-pyrrole nitrogens is 3. The lowest BCUT2D eigenvalue weighted by Crippen LogP contribution is -2.68. The van der Waals surface area contributed by atoms with E-state index < -0.39 is 5.60 Å². The standard InChI is InChI=1S/C29H32N8O3.C28H30N8O3.C27H28N8O2/c1-29(2,38)17-40-22-9-23(27-24-12-32-33-28(24)34-37(27)16-22)19-5-6-25(30-11-19)35-14-20-8-21(15-35)36(20)13-18-4-7-26(39-3)31-10-18;1-37-7-8-39-22-10-23(27-24-13-31-32-28(24)33-36(27)17-22)19-4-5-25(29-12-19)34-15-20-9-21(16-34)35(20)14-18-3-6-26(38-2)30-11-18;1-3-37-21-9-22(26-23-12-30-31-27(23)32-35(26)16-21)18-5-6-24(28-11-18)33-14-19-8-20(15-33)34(19)13-17-4-7-25(36-2)29-10-17/h4-7,9-12,16,20-21,38H,8,13-15,17H2,1-3H3,(H,33,34);3-6,10-13,17,20-21H,7-9,14-16H2,1-2H3,(H,32,33);4-7,9-12,16,19-20H,3,8,13-15H2,1-2H3,(H,31,32). The summed E-state index contributed by atoms with van der Waals surface area (Å²) in [5, 5.41) is 48.3. The van der Waals surface area contributed by atoms with E-state index in [9.17, 15) is 5.11 Å². The average Bonchev–Trinajstić information content (AvgIpc) is 1.67. The Balaban J connectivity index is 0.000000116. The quantitative estimate of drug-likeness (QED) is 0.0409. The Bertz CT molecular complexity index is 5930. The van der Waals surface area contributed by atoms with E-state index in [-0.39, 0.29) is 6.61 Å². The molecule has 6 unspecified atom stereocenters. The molecule has 24 rings (SSSR count). The highest BCUT2D eigenvalue weighted by molar-refractivity contribution is 6.03. The molecule has 9 aliphatic rings. The predicted octanol–water partition coefficient (Wildman–Crippen LogP) is 9.99. The van der Waals surface area contributed by atoms with Crippen molar-refractivity contribution in [3.63, 3.8) is 0 Å². The van der Waals surface area contributed by atoms with Crippen LogP contribution < -0.4 is 43.1 Å². The second kappa shape index (κ2) is 31.0. The number of piperazine rings is 3. The van der Waals surface area contributed by atoms with Gasteiger partial charge in [-0.1, -0.05) is 18.2 Å². The molecule has 32 heteroatoms. The van der Waals surface area contributed by atoms with E-state index in [2.05, 4.69) is 151 Å². The number of pyridine rings is 9. The topological polar surface area (TPSA) is 320 Å². The first-order valence-corrected chi connectivity index (χ1v) is 39.3. The molecule has 15 aromatic heterocycles. The molecule has 32 nitrogen and oxygen atoms in total. The highest BCUT2D eigenvalue weighted by Crippen LogP contribution is 2.42. The first-order chi connectivity index (χ1) is 56.7. The van der Waals surface area contributed by atoms with Gasteiger partial charge < -0.3 is 53.0 Å². The fraction of sp³-hybridized carbons (Fsp3) is 0.357. The van der Waals surface area contributed by atoms with Gasteiger partial charge in [0.25, 0.3) is 0 Å². The lowest BCUT2D eigenvalue weighted by atomic mass is 9.87. The van der Waals surface area contributed by atoms with Crippen LogP contribution in [0.3, 0.4) is 0 Å². The molecular formula is C84H90N24O8. The van der Waals surface area contributed by atoms with Gasteiger partial charge in [-0.05, 0) is 111 Å². The van der Waals surface area contributed by atoms with E-state index >= 15 is 0 Å². The number of ether oxygens (including phenoxy) is 7. The molecule has 0 radical (unpaired) electrons. The third kappa shape index (κ3) is 14.5. The summed E-state index contributed by atoms with van der Waals surface area (Å²) in [6.45, 7) is 15.7. The maximum atomic E-state index is 10.2.